The van der Waals surface area contributed by atoms with E-state index in [-0.39, 0.29) is 6.42 Å². The predicted molar refractivity (Wildman–Crippen MR) is 140 cm³/mol. The predicted octanol–water partition coefficient (Wildman–Crippen LogP) is 2.94. The molecule has 1 heterocycles. The molecule has 0 radical (unpaired) electrons. The van der Waals surface area contributed by atoms with Gasteiger partial charge in [-0.05, 0) is 44.7 Å². The summed E-state index contributed by atoms with van der Waals surface area (Å²) in [6.45, 7) is 6.54. The molecule has 10 nitrogen and oxygen atoms in total. The van der Waals surface area contributed by atoms with Crippen LogP contribution in [-0.2, 0) is 32.0 Å². The molecular weight excluding hydrogens is 474 g/mol. The van der Waals surface area contributed by atoms with Crippen molar-refractivity contribution in [2.75, 3.05) is 13.7 Å². The molecule has 0 saturated heterocycles. The lowest BCUT2D eigenvalue weighted by Crippen LogP contribution is -2.63. The second-order valence-corrected chi connectivity index (χ2v) is 10.6. The molecule has 1 aliphatic carbocycles. The van der Waals surface area contributed by atoms with Crippen molar-refractivity contribution >= 4 is 17.9 Å². The second kappa shape index (κ2) is 12.2. The lowest BCUT2D eigenvalue weighted by atomic mass is 9.80. The summed E-state index contributed by atoms with van der Waals surface area (Å²) in [6.07, 6.45) is 6.80. The molecule has 0 bridgehead atoms. The largest absolute Gasteiger partial charge is 0.444 e. The Balaban J connectivity index is 1.69. The lowest BCUT2D eigenvalue weighted by Gasteiger charge is -2.37. The maximum atomic E-state index is 13.4. The van der Waals surface area contributed by atoms with Crippen molar-refractivity contribution in [3.8, 4) is 11.1 Å². The van der Waals surface area contributed by atoms with E-state index in [4.69, 9.17) is 15.2 Å². The minimum absolute atomic E-state index is 0.233. The molecule has 1 aromatic carbocycles. The quantitative estimate of drug-likeness (QED) is 0.447. The number of aromatic nitrogens is 2. The van der Waals surface area contributed by atoms with Crippen LogP contribution in [0.5, 0.6) is 0 Å². The fraction of sp³-hybridized carbons (Fsp3) is 0.556. The number of rotatable bonds is 10. The molecule has 1 fully saturated rings. The van der Waals surface area contributed by atoms with Gasteiger partial charge in [-0.3, -0.25) is 14.3 Å². The highest BCUT2D eigenvalue weighted by Gasteiger charge is 2.43. The van der Waals surface area contributed by atoms with E-state index in [9.17, 15) is 14.4 Å². The Morgan fingerprint density at radius 2 is 1.78 bits per heavy atom. The summed E-state index contributed by atoms with van der Waals surface area (Å²) in [5, 5.41) is 9.94. The zero-order valence-electron chi connectivity index (χ0n) is 22.2. The molecule has 3 rings (SSSR count). The Hall–Kier alpha value is -3.40. The molecule has 0 aliphatic heterocycles. The number of carbonyl (C=O) groups is 3. The van der Waals surface area contributed by atoms with Gasteiger partial charge in [0.2, 0.25) is 11.8 Å². The number of primary amides is 1. The standard InChI is InChI=1S/C27H39N5O5/c1-26(2,3)37-25(35)31-27(12-6-5-7-13-27)24(34)30-22(23(28)33)16-19-8-10-20(11-9-19)21-17-29-32(18-21)14-15-36-4/h8-11,17-18,22H,5-7,12-16H2,1-4H3,(H2,28,33)(H,30,34)(H,31,35). The number of ether oxygens (including phenoxy) is 2. The molecule has 1 saturated carbocycles. The Labute approximate surface area is 218 Å². The number of hydrogen-bond acceptors (Lipinski definition) is 6. The Morgan fingerprint density at radius 1 is 1.11 bits per heavy atom. The highest BCUT2D eigenvalue weighted by molar-refractivity contribution is 5.94. The van der Waals surface area contributed by atoms with Gasteiger partial charge in [0.1, 0.15) is 17.2 Å². The van der Waals surface area contributed by atoms with E-state index in [0.29, 0.717) is 26.0 Å². The number of methoxy groups -OCH3 is 1. The number of alkyl carbamates (subject to hydrolysis) is 1. The molecule has 4 N–H and O–H groups in total. The zero-order valence-corrected chi connectivity index (χ0v) is 22.2. The summed E-state index contributed by atoms with van der Waals surface area (Å²) in [5.74, 6) is -1.05. The van der Waals surface area contributed by atoms with Crippen LogP contribution in [0.1, 0.15) is 58.4 Å². The van der Waals surface area contributed by atoms with Gasteiger partial charge in [0.05, 0.1) is 19.3 Å². The summed E-state index contributed by atoms with van der Waals surface area (Å²) >= 11 is 0. The average molecular weight is 514 g/mol. The third-order valence-electron chi connectivity index (χ3n) is 6.42. The fourth-order valence-electron chi connectivity index (χ4n) is 4.47. The first-order chi connectivity index (χ1) is 17.5. The normalized spacial score (nSPS) is 16.0. The van der Waals surface area contributed by atoms with Crippen LogP contribution in [0.15, 0.2) is 36.7 Å². The van der Waals surface area contributed by atoms with Crippen LogP contribution in [0.4, 0.5) is 4.79 Å². The van der Waals surface area contributed by atoms with E-state index in [1.807, 2.05) is 35.1 Å². The summed E-state index contributed by atoms with van der Waals surface area (Å²) in [6, 6.07) is 6.77. The SMILES string of the molecule is COCCn1cc(-c2ccc(CC(NC(=O)C3(NC(=O)OC(C)(C)C)CCCCC3)C(N)=O)cc2)cn1. The molecule has 10 heteroatoms. The van der Waals surface area contributed by atoms with Gasteiger partial charge in [-0.15, -0.1) is 0 Å². The fourth-order valence-corrected chi connectivity index (χ4v) is 4.47. The monoisotopic (exact) mass is 513 g/mol. The molecule has 3 amide bonds. The summed E-state index contributed by atoms with van der Waals surface area (Å²) < 4.78 is 12.3. The molecule has 1 aliphatic rings. The van der Waals surface area contributed by atoms with Crippen LogP contribution in [0.3, 0.4) is 0 Å². The molecular formula is C27H39N5O5. The number of nitrogens with two attached hydrogens (primary N) is 1. The molecule has 37 heavy (non-hydrogen) atoms. The highest BCUT2D eigenvalue weighted by atomic mass is 16.6. The van der Waals surface area contributed by atoms with Crippen molar-refractivity contribution in [3.05, 3.63) is 42.2 Å². The molecule has 1 aromatic heterocycles. The van der Waals surface area contributed by atoms with Crippen LogP contribution < -0.4 is 16.4 Å². The third kappa shape index (κ3) is 8.04. The first kappa shape index (κ1) is 28.2. The van der Waals surface area contributed by atoms with Crippen LogP contribution >= 0.6 is 0 Å². The van der Waals surface area contributed by atoms with Crippen molar-refractivity contribution in [1.29, 1.82) is 0 Å². The maximum absolute atomic E-state index is 13.4. The van der Waals surface area contributed by atoms with Crippen molar-refractivity contribution in [3.63, 3.8) is 0 Å². The van der Waals surface area contributed by atoms with E-state index in [0.717, 1.165) is 36.0 Å². The van der Waals surface area contributed by atoms with Gasteiger partial charge in [0.15, 0.2) is 0 Å². The van der Waals surface area contributed by atoms with E-state index in [1.54, 1.807) is 34.1 Å². The van der Waals surface area contributed by atoms with Gasteiger partial charge >= 0.3 is 6.09 Å². The number of carbonyl (C=O) groups excluding carboxylic acids is 3. The van der Waals surface area contributed by atoms with Gasteiger partial charge in [0.25, 0.3) is 0 Å². The van der Waals surface area contributed by atoms with Gasteiger partial charge < -0.3 is 25.8 Å². The van der Waals surface area contributed by atoms with Gasteiger partial charge in [-0.25, -0.2) is 4.79 Å². The van der Waals surface area contributed by atoms with E-state index in [2.05, 4.69) is 15.7 Å². The lowest BCUT2D eigenvalue weighted by molar-refractivity contribution is -0.133. The molecule has 2 aromatic rings. The third-order valence-corrected chi connectivity index (χ3v) is 6.42. The van der Waals surface area contributed by atoms with E-state index >= 15 is 0 Å². The van der Waals surface area contributed by atoms with E-state index < -0.39 is 35.1 Å². The minimum atomic E-state index is -1.14. The summed E-state index contributed by atoms with van der Waals surface area (Å²) in [5.41, 5.74) is 6.63. The van der Waals surface area contributed by atoms with Crippen LogP contribution in [0.25, 0.3) is 11.1 Å². The molecule has 1 unspecified atom stereocenters. The smallest absolute Gasteiger partial charge is 0.408 e. The van der Waals surface area contributed by atoms with Crippen molar-refractivity contribution in [2.45, 2.75) is 83.0 Å². The molecule has 0 spiro atoms. The number of amides is 3. The number of nitrogens with zero attached hydrogens (tertiary/aromatic N) is 2. The van der Waals surface area contributed by atoms with Crippen molar-refractivity contribution in [1.82, 2.24) is 20.4 Å². The van der Waals surface area contributed by atoms with Gasteiger partial charge in [-0.2, -0.15) is 5.10 Å². The number of hydrogen-bond donors (Lipinski definition) is 3. The molecule has 202 valence electrons. The maximum Gasteiger partial charge on any atom is 0.408 e. The van der Waals surface area contributed by atoms with Crippen molar-refractivity contribution in [2.24, 2.45) is 5.73 Å². The van der Waals surface area contributed by atoms with Crippen LogP contribution in [0, 0.1) is 0 Å². The first-order valence-electron chi connectivity index (χ1n) is 12.7. The summed E-state index contributed by atoms with van der Waals surface area (Å²) in [4.78, 5) is 38.3. The topological polar surface area (TPSA) is 138 Å². The average Bonchev–Trinajstić information content (AvgIpc) is 3.31. The van der Waals surface area contributed by atoms with Crippen LogP contribution in [-0.4, -0.2) is 58.6 Å². The Kier molecular flexibility index (Phi) is 9.31. The van der Waals surface area contributed by atoms with Crippen molar-refractivity contribution < 1.29 is 23.9 Å². The Bertz CT molecular complexity index is 1070. The zero-order chi connectivity index (χ0) is 27.1. The van der Waals surface area contributed by atoms with Crippen LogP contribution in [0.2, 0.25) is 0 Å². The first-order valence-corrected chi connectivity index (χ1v) is 12.7. The minimum Gasteiger partial charge on any atom is -0.444 e. The highest BCUT2D eigenvalue weighted by Crippen LogP contribution is 2.29. The summed E-state index contributed by atoms with van der Waals surface area (Å²) in [7, 11) is 1.65. The second-order valence-electron chi connectivity index (χ2n) is 10.6. The van der Waals surface area contributed by atoms with Gasteiger partial charge in [-0.1, -0.05) is 43.5 Å². The van der Waals surface area contributed by atoms with E-state index in [1.165, 1.54) is 0 Å². The molecule has 1 atom stereocenters. The Morgan fingerprint density at radius 3 is 2.38 bits per heavy atom. The number of nitrogens with one attached hydrogen (secondary N) is 2. The number of benzene rings is 1. The van der Waals surface area contributed by atoms with Gasteiger partial charge in [0, 0.05) is 25.3 Å².